The predicted octanol–water partition coefficient (Wildman–Crippen LogP) is 0.697. The summed E-state index contributed by atoms with van der Waals surface area (Å²) in [6.45, 7) is 1.59. The normalized spacial score (nSPS) is 16.8. The lowest BCUT2D eigenvalue weighted by Gasteiger charge is -2.12. The van der Waals surface area contributed by atoms with E-state index in [4.69, 9.17) is 12.2 Å². The van der Waals surface area contributed by atoms with E-state index in [1.165, 1.54) is 0 Å². The van der Waals surface area contributed by atoms with Crippen molar-refractivity contribution < 1.29 is 4.39 Å². The van der Waals surface area contributed by atoms with Crippen LogP contribution in [0.15, 0.2) is 0 Å². The zero-order valence-corrected chi connectivity index (χ0v) is 4.95. The van der Waals surface area contributed by atoms with Gasteiger partial charge in [-0.15, -0.1) is 6.42 Å². The summed E-state index contributed by atoms with van der Waals surface area (Å²) in [5, 5.41) is 0. The Morgan fingerprint density at radius 3 is 2.38 bits per heavy atom. The minimum atomic E-state index is -1.57. The van der Waals surface area contributed by atoms with Crippen LogP contribution in [0.2, 0.25) is 0 Å². The maximum absolute atomic E-state index is 12.6. The van der Waals surface area contributed by atoms with Crippen molar-refractivity contribution in [1.29, 1.82) is 0 Å². The van der Waals surface area contributed by atoms with Gasteiger partial charge in [-0.25, -0.2) is 4.39 Å². The molecule has 0 amide bonds. The third kappa shape index (κ3) is 1.51. The summed E-state index contributed by atoms with van der Waals surface area (Å²) in [6, 6.07) is 0. The molecule has 46 valence electrons. The highest BCUT2D eigenvalue weighted by Gasteiger charge is 2.20. The summed E-state index contributed by atoms with van der Waals surface area (Å²) >= 11 is 0. The molecular weight excluding hydrogens is 105 g/mol. The Morgan fingerprint density at radius 2 is 2.38 bits per heavy atom. The summed E-state index contributed by atoms with van der Waals surface area (Å²) in [4.78, 5) is 0. The molecule has 0 radical (unpaired) electrons. The van der Waals surface area contributed by atoms with Crippen LogP contribution in [-0.2, 0) is 0 Å². The highest BCUT2D eigenvalue weighted by atomic mass is 19.1. The summed E-state index contributed by atoms with van der Waals surface area (Å²) in [7, 11) is 0. The highest BCUT2D eigenvalue weighted by molar-refractivity contribution is 5.07. The first kappa shape index (κ1) is 7.45. The van der Waals surface area contributed by atoms with Crippen molar-refractivity contribution in [1.82, 2.24) is 0 Å². The van der Waals surface area contributed by atoms with Crippen LogP contribution in [0.3, 0.4) is 0 Å². The smallest absolute Gasteiger partial charge is 0.182 e. The maximum atomic E-state index is 12.6. The van der Waals surface area contributed by atoms with Gasteiger partial charge in [-0.2, -0.15) is 0 Å². The van der Waals surface area contributed by atoms with Gasteiger partial charge in [0.1, 0.15) is 0 Å². The van der Waals surface area contributed by atoms with E-state index < -0.39 is 5.67 Å². The molecule has 0 saturated heterocycles. The Kier molecular flexibility index (Phi) is 2.50. The molecule has 1 unspecified atom stereocenters. The lowest BCUT2D eigenvalue weighted by atomic mass is 10.1. The standard InChI is InChI=1S/C6H10FN/c1-3-6(7,4-2)5-8/h1H,4-5,8H2,2H3. The van der Waals surface area contributed by atoms with E-state index in [0.29, 0.717) is 6.42 Å². The molecule has 8 heavy (non-hydrogen) atoms. The molecule has 0 aromatic carbocycles. The first-order valence-corrected chi connectivity index (χ1v) is 2.55. The van der Waals surface area contributed by atoms with Crippen LogP contribution in [0.1, 0.15) is 13.3 Å². The zero-order chi connectivity index (χ0) is 6.62. The third-order valence-electron chi connectivity index (χ3n) is 1.14. The fourth-order valence-electron chi connectivity index (χ4n) is 0.305. The number of nitrogens with two attached hydrogens (primary N) is 1. The van der Waals surface area contributed by atoms with Gasteiger partial charge < -0.3 is 5.73 Å². The summed E-state index contributed by atoms with van der Waals surface area (Å²) in [5.74, 6) is 1.99. The van der Waals surface area contributed by atoms with E-state index in [2.05, 4.69) is 0 Å². The van der Waals surface area contributed by atoms with Gasteiger partial charge in [-0.3, -0.25) is 0 Å². The van der Waals surface area contributed by atoms with E-state index in [1.807, 2.05) is 5.92 Å². The largest absolute Gasteiger partial charge is 0.327 e. The molecule has 2 N–H and O–H groups in total. The average Bonchev–Trinajstić information content (AvgIpc) is 1.87. The number of hydrogen-bond acceptors (Lipinski definition) is 1. The molecule has 1 atom stereocenters. The second-order valence-electron chi connectivity index (χ2n) is 1.67. The Morgan fingerprint density at radius 1 is 1.88 bits per heavy atom. The van der Waals surface area contributed by atoms with Crippen LogP contribution in [0.4, 0.5) is 4.39 Å². The van der Waals surface area contributed by atoms with Gasteiger partial charge >= 0.3 is 0 Å². The van der Waals surface area contributed by atoms with Gasteiger partial charge in [0.15, 0.2) is 5.67 Å². The maximum Gasteiger partial charge on any atom is 0.182 e. The predicted molar refractivity (Wildman–Crippen MR) is 32.0 cm³/mol. The fourth-order valence-corrected chi connectivity index (χ4v) is 0.305. The van der Waals surface area contributed by atoms with Crippen LogP contribution in [0, 0.1) is 12.3 Å². The van der Waals surface area contributed by atoms with Crippen molar-refractivity contribution >= 4 is 0 Å². The number of halogens is 1. The average molecular weight is 115 g/mol. The van der Waals surface area contributed by atoms with Gasteiger partial charge in [0.05, 0.1) is 0 Å². The van der Waals surface area contributed by atoms with Crippen molar-refractivity contribution in [3.8, 4) is 12.3 Å². The minimum Gasteiger partial charge on any atom is -0.327 e. The van der Waals surface area contributed by atoms with E-state index in [9.17, 15) is 4.39 Å². The summed E-state index contributed by atoms with van der Waals surface area (Å²) in [6.07, 6.45) is 5.11. The third-order valence-corrected chi connectivity index (χ3v) is 1.14. The van der Waals surface area contributed by atoms with Crippen molar-refractivity contribution in [2.45, 2.75) is 19.0 Å². The van der Waals surface area contributed by atoms with Crippen LogP contribution >= 0.6 is 0 Å². The van der Waals surface area contributed by atoms with Gasteiger partial charge in [0, 0.05) is 6.54 Å². The molecule has 0 aliphatic carbocycles. The van der Waals surface area contributed by atoms with Crippen LogP contribution in [-0.4, -0.2) is 12.2 Å². The molecule has 0 aromatic rings. The number of terminal acetylenes is 1. The van der Waals surface area contributed by atoms with Crippen molar-refractivity contribution in [3.63, 3.8) is 0 Å². The minimum absolute atomic E-state index is 0.0833. The molecule has 0 aromatic heterocycles. The first-order chi connectivity index (χ1) is 3.68. The molecule has 0 heterocycles. The highest BCUT2D eigenvalue weighted by Crippen LogP contribution is 2.10. The lowest BCUT2D eigenvalue weighted by Crippen LogP contribution is -2.29. The van der Waals surface area contributed by atoms with Crippen LogP contribution in [0.25, 0.3) is 0 Å². The fraction of sp³-hybridized carbons (Fsp3) is 0.667. The first-order valence-electron chi connectivity index (χ1n) is 2.55. The Labute approximate surface area is 49.1 Å². The molecule has 1 nitrogen and oxygen atoms in total. The number of alkyl halides is 1. The molecule has 0 rings (SSSR count). The van der Waals surface area contributed by atoms with E-state index in [1.54, 1.807) is 6.92 Å². The monoisotopic (exact) mass is 115 g/mol. The molecular formula is C6H10FN. The molecule has 0 spiro atoms. The topological polar surface area (TPSA) is 26.0 Å². The Bertz CT molecular complexity index is 99.6. The molecule has 2 heteroatoms. The van der Waals surface area contributed by atoms with Crippen LogP contribution in [0.5, 0.6) is 0 Å². The van der Waals surface area contributed by atoms with Crippen molar-refractivity contribution in [2.24, 2.45) is 5.73 Å². The molecule has 0 aliphatic rings. The number of hydrogen-bond donors (Lipinski definition) is 1. The van der Waals surface area contributed by atoms with Crippen LogP contribution < -0.4 is 5.73 Å². The lowest BCUT2D eigenvalue weighted by molar-refractivity contribution is 0.245. The SMILES string of the molecule is C#CC(F)(CC)CN. The second kappa shape index (κ2) is 2.68. The summed E-state index contributed by atoms with van der Waals surface area (Å²) < 4.78 is 12.6. The quantitative estimate of drug-likeness (QED) is 0.526. The van der Waals surface area contributed by atoms with E-state index in [-0.39, 0.29) is 6.54 Å². The van der Waals surface area contributed by atoms with E-state index in [0.717, 1.165) is 0 Å². The Balaban J connectivity index is 3.83. The Hall–Kier alpha value is -0.550. The van der Waals surface area contributed by atoms with Crippen molar-refractivity contribution in [3.05, 3.63) is 0 Å². The zero-order valence-electron chi connectivity index (χ0n) is 4.95. The molecule has 0 fully saturated rings. The van der Waals surface area contributed by atoms with Gasteiger partial charge in [-0.1, -0.05) is 12.8 Å². The number of rotatable bonds is 2. The molecule has 0 aliphatic heterocycles. The second-order valence-corrected chi connectivity index (χ2v) is 1.67. The molecule has 0 bridgehead atoms. The molecule has 0 saturated carbocycles. The van der Waals surface area contributed by atoms with Gasteiger partial charge in [0.2, 0.25) is 0 Å². The summed E-state index contributed by atoms with van der Waals surface area (Å²) in [5.41, 5.74) is 3.44. The van der Waals surface area contributed by atoms with E-state index >= 15 is 0 Å². The van der Waals surface area contributed by atoms with Gasteiger partial charge in [0.25, 0.3) is 0 Å². The van der Waals surface area contributed by atoms with Gasteiger partial charge in [-0.05, 0) is 6.42 Å². The van der Waals surface area contributed by atoms with Crippen molar-refractivity contribution in [2.75, 3.05) is 6.54 Å².